The van der Waals surface area contributed by atoms with Crippen LogP contribution in [0.5, 0.6) is 0 Å². The Hall–Kier alpha value is -1.19. The second kappa shape index (κ2) is 4.97. The van der Waals surface area contributed by atoms with Gasteiger partial charge in [0.2, 0.25) is 0 Å². The smallest absolute Gasteiger partial charge is 0.124 e. The lowest BCUT2D eigenvalue weighted by atomic mass is 9.76. The summed E-state index contributed by atoms with van der Waals surface area (Å²) < 4.78 is 0. The SMILES string of the molecule is CNC1CC(C)(C)Cc2nc(-c3ccccc3C)sc21. The van der Waals surface area contributed by atoms with Gasteiger partial charge in [0.1, 0.15) is 5.01 Å². The highest BCUT2D eigenvalue weighted by Gasteiger charge is 2.34. The van der Waals surface area contributed by atoms with Gasteiger partial charge in [0.25, 0.3) is 0 Å². The van der Waals surface area contributed by atoms with E-state index in [1.807, 2.05) is 11.3 Å². The Labute approximate surface area is 125 Å². The molecular formula is C17H22N2S. The van der Waals surface area contributed by atoms with Gasteiger partial charge in [0, 0.05) is 16.5 Å². The number of hydrogen-bond donors (Lipinski definition) is 1. The van der Waals surface area contributed by atoms with Crippen LogP contribution < -0.4 is 5.32 Å². The van der Waals surface area contributed by atoms with Crippen molar-refractivity contribution in [1.82, 2.24) is 10.3 Å². The molecule has 3 heteroatoms. The van der Waals surface area contributed by atoms with E-state index in [1.165, 1.54) is 33.1 Å². The monoisotopic (exact) mass is 286 g/mol. The minimum absolute atomic E-state index is 0.331. The molecule has 1 heterocycles. The number of thiazole rings is 1. The zero-order valence-corrected chi connectivity index (χ0v) is 13.5. The van der Waals surface area contributed by atoms with Crippen molar-refractivity contribution in [2.24, 2.45) is 5.41 Å². The summed E-state index contributed by atoms with van der Waals surface area (Å²) in [7, 11) is 2.06. The summed E-state index contributed by atoms with van der Waals surface area (Å²) in [5.41, 5.74) is 4.21. The van der Waals surface area contributed by atoms with Crippen molar-refractivity contribution >= 4 is 11.3 Å². The number of nitrogens with zero attached hydrogens (tertiary/aromatic N) is 1. The minimum atomic E-state index is 0.331. The summed E-state index contributed by atoms with van der Waals surface area (Å²) in [6.07, 6.45) is 2.27. The highest BCUT2D eigenvalue weighted by Crippen LogP contribution is 2.44. The van der Waals surface area contributed by atoms with E-state index in [1.54, 1.807) is 0 Å². The van der Waals surface area contributed by atoms with E-state index in [0.717, 1.165) is 6.42 Å². The van der Waals surface area contributed by atoms with Crippen LogP contribution in [0.4, 0.5) is 0 Å². The van der Waals surface area contributed by atoms with E-state index in [4.69, 9.17) is 4.98 Å². The van der Waals surface area contributed by atoms with Gasteiger partial charge in [0.05, 0.1) is 5.69 Å². The van der Waals surface area contributed by atoms with Crippen molar-refractivity contribution in [3.8, 4) is 10.6 Å². The van der Waals surface area contributed by atoms with Crippen molar-refractivity contribution in [3.63, 3.8) is 0 Å². The molecule has 106 valence electrons. The largest absolute Gasteiger partial charge is 0.312 e. The van der Waals surface area contributed by atoms with Crippen LogP contribution in [0.3, 0.4) is 0 Å². The highest BCUT2D eigenvalue weighted by molar-refractivity contribution is 7.15. The average molecular weight is 286 g/mol. The quantitative estimate of drug-likeness (QED) is 0.887. The molecule has 0 amide bonds. The van der Waals surface area contributed by atoms with Crippen LogP contribution in [-0.2, 0) is 6.42 Å². The second-order valence-corrected chi connectivity index (χ2v) is 7.56. The van der Waals surface area contributed by atoms with Gasteiger partial charge in [-0.1, -0.05) is 38.1 Å². The third kappa shape index (κ3) is 2.40. The Morgan fingerprint density at radius 2 is 2.05 bits per heavy atom. The number of rotatable bonds is 2. The number of fused-ring (bicyclic) bond motifs is 1. The Morgan fingerprint density at radius 3 is 2.75 bits per heavy atom. The van der Waals surface area contributed by atoms with E-state index in [-0.39, 0.29) is 0 Å². The topological polar surface area (TPSA) is 24.9 Å². The van der Waals surface area contributed by atoms with E-state index in [0.29, 0.717) is 11.5 Å². The number of nitrogens with one attached hydrogen (secondary N) is 1. The molecule has 1 aliphatic carbocycles. The molecule has 2 aromatic rings. The third-order valence-corrected chi connectivity index (χ3v) is 5.42. The number of aryl methyl sites for hydroxylation is 1. The van der Waals surface area contributed by atoms with Crippen LogP contribution >= 0.6 is 11.3 Å². The lowest BCUT2D eigenvalue weighted by molar-refractivity contribution is 0.265. The van der Waals surface area contributed by atoms with Gasteiger partial charge in [-0.15, -0.1) is 11.3 Å². The van der Waals surface area contributed by atoms with Crippen LogP contribution in [0.2, 0.25) is 0 Å². The molecule has 1 aromatic heterocycles. The van der Waals surface area contributed by atoms with Crippen LogP contribution in [-0.4, -0.2) is 12.0 Å². The molecule has 0 aliphatic heterocycles. The predicted octanol–water partition coefficient (Wildman–Crippen LogP) is 4.35. The van der Waals surface area contributed by atoms with Gasteiger partial charge in [-0.05, 0) is 37.8 Å². The molecule has 20 heavy (non-hydrogen) atoms. The summed E-state index contributed by atoms with van der Waals surface area (Å²) in [6.45, 7) is 6.84. The lowest BCUT2D eigenvalue weighted by Crippen LogP contribution is -2.30. The molecule has 0 spiro atoms. The summed E-state index contributed by atoms with van der Waals surface area (Å²) in [5.74, 6) is 0. The van der Waals surface area contributed by atoms with E-state index < -0.39 is 0 Å². The zero-order chi connectivity index (χ0) is 14.3. The van der Waals surface area contributed by atoms with Crippen LogP contribution in [0.15, 0.2) is 24.3 Å². The van der Waals surface area contributed by atoms with Gasteiger partial charge in [-0.25, -0.2) is 4.98 Å². The Kier molecular flexibility index (Phi) is 3.43. The lowest BCUT2D eigenvalue weighted by Gasteiger charge is -2.34. The van der Waals surface area contributed by atoms with E-state index in [9.17, 15) is 0 Å². The number of benzene rings is 1. The first kappa shape index (κ1) is 13.8. The van der Waals surface area contributed by atoms with Crippen LogP contribution in [0.25, 0.3) is 10.6 Å². The van der Waals surface area contributed by atoms with Crippen molar-refractivity contribution in [2.75, 3.05) is 7.05 Å². The molecule has 0 saturated heterocycles. The fourth-order valence-electron chi connectivity index (χ4n) is 3.09. The molecule has 1 atom stereocenters. The maximum absolute atomic E-state index is 4.95. The molecule has 0 bridgehead atoms. The normalized spacial score (nSPS) is 20.7. The molecule has 3 rings (SSSR count). The van der Waals surface area contributed by atoms with Crippen molar-refractivity contribution < 1.29 is 0 Å². The molecule has 2 nitrogen and oxygen atoms in total. The summed E-state index contributed by atoms with van der Waals surface area (Å²) >= 11 is 1.86. The molecular weight excluding hydrogens is 264 g/mol. The summed E-state index contributed by atoms with van der Waals surface area (Å²) in [6, 6.07) is 8.98. The number of hydrogen-bond acceptors (Lipinski definition) is 3. The minimum Gasteiger partial charge on any atom is -0.312 e. The standard InChI is InChI=1S/C17H22N2S/c1-11-7-5-6-8-12(11)16-19-14-10-17(2,3)9-13(18-4)15(14)20-16/h5-8,13,18H,9-10H2,1-4H3. The predicted molar refractivity (Wildman–Crippen MR) is 86.2 cm³/mol. The molecule has 1 N–H and O–H groups in total. The average Bonchev–Trinajstić information content (AvgIpc) is 2.80. The van der Waals surface area contributed by atoms with Crippen LogP contribution in [0.1, 0.15) is 42.4 Å². The third-order valence-electron chi connectivity index (χ3n) is 4.17. The first-order valence-electron chi connectivity index (χ1n) is 7.23. The van der Waals surface area contributed by atoms with Crippen molar-refractivity contribution in [1.29, 1.82) is 0 Å². The van der Waals surface area contributed by atoms with E-state index >= 15 is 0 Å². The summed E-state index contributed by atoms with van der Waals surface area (Å²) in [5, 5.41) is 4.64. The summed E-state index contributed by atoms with van der Waals surface area (Å²) in [4.78, 5) is 6.39. The first-order chi connectivity index (χ1) is 9.50. The van der Waals surface area contributed by atoms with Crippen molar-refractivity contribution in [3.05, 3.63) is 40.4 Å². The fourth-order valence-corrected chi connectivity index (χ4v) is 4.38. The Balaban J connectivity index is 2.07. The highest BCUT2D eigenvalue weighted by atomic mass is 32.1. The van der Waals surface area contributed by atoms with Crippen molar-refractivity contribution in [2.45, 2.75) is 39.7 Å². The number of aromatic nitrogens is 1. The fraction of sp³-hybridized carbons (Fsp3) is 0.471. The van der Waals surface area contributed by atoms with Crippen LogP contribution in [0, 0.1) is 12.3 Å². The molecule has 1 unspecified atom stereocenters. The second-order valence-electron chi connectivity index (χ2n) is 6.53. The Morgan fingerprint density at radius 1 is 1.30 bits per heavy atom. The maximum atomic E-state index is 4.95. The molecule has 0 radical (unpaired) electrons. The molecule has 1 aromatic carbocycles. The molecule has 1 aliphatic rings. The van der Waals surface area contributed by atoms with Gasteiger partial charge in [-0.3, -0.25) is 0 Å². The van der Waals surface area contributed by atoms with E-state index in [2.05, 4.69) is 57.4 Å². The maximum Gasteiger partial charge on any atom is 0.124 e. The van der Waals surface area contributed by atoms with Gasteiger partial charge in [-0.2, -0.15) is 0 Å². The molecule has 0 fully saturated rings. The van der Waals surface area contributed by atoms with Gasteiger partial charge in [0.15, 0.2) is 0 Å². The van der Waals surface area contributed by atoms with Gasteiger partial charge < -0.3 is 5.32 Å². The Bertz CT molecular complexity index is 628. The molecule has 0 saturated carbocycles. The zero-order valence-electron chi connectivity index (χ0n) is 12.7. The first-order valence-corrected chi connectivity index (χ1v) is 8.05. The van der Waals surface area contributed by atoms with Gasteiger partial charge >= 0.3 is 0 Å².